The zero-order valence-corrected chi connectivity index (χ0v) is 9.58. The summed E-state index contributed by atoms with van der Waals surface area (Å²) in [6, 6.07) is 2.10. The summed E-state index contributed by atoms with van der Waals surface area (Å²) in [5, 5.41) is 7.26. The molecule has 2 rings (SSSR count). The fourth-order valence-corrected chi connectivity index (χ4v) is 2.35. The van der Waals surface area contributed by atoms with Crippen molar-refractivity contribution in [2.75, 3.05) is 11.5 Å². The van der Waals surface area contributed by atoms with Crippen LogP contribution in [-0.4, -0.2) is 9.78 Å². The Kier molecular flexibility index (Phi) is 2.40. The molecule has 15 heavy (non-hydrogen) atoms. The highest BCUT2D eigenvalue weighted by Gasteiger charge is 2.09. The molecule has 80 valence electrons. The molecule has 0 amide bonds. The summed E-state index contributed by atoms with van der Waals surface area (Å²) >= 11 is 1.62. The summed E-state index contributed by atoms with van der Waals surface area (Å²) in [7, 11) is 0. The van der Waals surface area contributed by atoms with Crippen LogP contribution in [0, 0.1) is 0 Å². The Hall–Kier alpha value is -1.49. The highest BCUT2D eigenvalue weighted by Crippen LogP contribution is 2.27. The maximum Gasteiger partial charge on any atom is 0.151 e. The number of thiophene rings is 1. The maximum absolute atomic E-state index is 5.80. The number of rotatable bonds is 2. The number of anilines is 2. The lowest BCUT2D eigenvalue weighted by atomic mass is 10.1. The number of hydrogen-bond donors (Lipinski definition) is 2. The molecule has 0 aromatic carbocycles. The van der Waals surface area contributed by atoms with E-state index in [-0.39, 0.29) is 0 Å². The Morgan fingerprint density at radius 3 is 2.60 bits per heavy atom. The Morgan fingerprint density at radius 1 is 1.40 bits per heavy atom. The molecule has 2 heterocycles. The van der Waals surface area contributed by atoms with Gasteiger partial charge in [-0.2, -0.15) is 5.10 Å². The molecule has 2 aromatic rings. The van der Waals surface area contributed by atoms with Crippen molar-refractivity contribution in [3.8, 4) is 5.00 Å². The number of nitrogen functional groups attached to an aromatic ring is 2. The molecule has 0 aliphatic heterocycles. The number of nitrogens with zero attached hydrogens (tertiary/aromatic N) is 2. The Labute approximate surface area is 92.5 Å². The maximum atomic E-state index is 5.80. The van der Waals surface area contributed by atoms with Crippen LogP contribution in [0.1, 0.15) is 25.3 Å². The van der Waals surface area contributed by atoms with Crippen molar-refractivity contribution in [2.45, 2.75) is 19.8 Å². The van der Waals surface area contributed by atoms with E-state index in [1.54, 1.807) is 22.2 Å². The Balaban J connectivity index is 2.41. The molecule has 5 heteroatoms. The first-order valence-electron chi connectivity index (χ1n) is 4.77. The molecular weight excluding hydrogens is 208 g/mol. The lowest BCUT2D eigenvalue weighted by Crippen LogP contribution is -2.01. The molecule has 2 aromatic heterocycles. The zero-order chi connectivity index (χ0) is 11.0. The molecule has 0 aliphatic rings. The summed E-state index contributed by atoms with van der Waals surface area (Å²) in [6.07, 6.45) is 1.57. The smallest absolute Gasteiger partial charge is 0.151 e. The molecule has 0 fully saturated rings. The summed E-state index contributed by atoms with van der Waals surface area (Å²) in [5.41, 5.74) is 13.3. The predicted octanol–water partition coefficient (Wildman–Crippen LogP) is 2.22. The van der Waals surface area contributed by atoms with E-state index in [9.17, 15) is 0 Å². The highest BCUT2D eigenvalue weighted by atomic mass is 32.1. The van der Waals surface area contributed by atoms with Crippen LogP contribution in [-0.2, 0) is 0 Å². The van der Waals surface area contributed by atoms with E-state index in [0.29, 0.717) is 17.4 Å². The molecule has 0 atom stereocenters. The van der Waals surface area contributed by atoms with Gasteiger partial charge in [-0.05, 0) is 22.9 Å². The first-order chi connectivity index (χ1) is 7.09. The van der Waals surface area contributed by atoms with Crippen LogP contribution in [0.25, 0.3) is 5.00 Å². The zero-order valence-electron chi connectivity index (χ0n) is 8.77. The second-order valence-electron chi connectivity index (χ2n) is 3.77. The van der Waals surface area contributed by atoms with Crippen molar-refractivity contribution in [1.29, 1.82) is 0 Å². The number of aromatic nitrogens is 2. The van der Waals surface area contributed by atoms with Gasteiger partial charge < -0.3 is 11.5 Å². The average Bonchev–Trinajstić information content (AvgIpc) is 2.76. The first-order valence-corrected chi connectivity index (χ1v) is 5.65. The van der Waals surface area contributed by atoms with Gasteiger partial charge in [-0.1, -0.05) is 13.8 Å². The van der Waals surface area contributed by atoms with E-state index in [0.717, 1.165) is 5.00 Å². The quantitative estimate of drug-likeness (QED) is 0.818. The largest absolute Gasteiger partial charge is 0.394 e. The van der Waals surface area contributed by atoms with Gasteiger partial charge in [-0.3, -0.25) is 0 Å². The minimum atomic E-state index is 0.507. The van der Waals surface area contributed by atoms with E-state index in [4.69, 9.17) is 11.5 Å². The molecule has 0 saturated heterocycles. The van der Waals surface area contributed by atoms with Gasteiger partial charge >= 0.3 is 0 Å². The lowest BCUT2D eigenvalue weighted by molar-refractivity contribution is 0.863. The summed E-state index contributed by atoms with van der Waals surface area (Å²) in [6.45, 7) is 4.32. The topological polar surface area (TPSA) is 69.9 Å². The fourth-order valence-electron chi connectivity index (χ4n) is 1.30. The molecule has 0 radical (unpaired) electrons. The van der Waals surface area contributed by atoms with Gasteiger partial charge in [0, 0.05) is 0 Å². The first kappa shape index (κ1) is 10.0. The molecule has 0 aliphatic carbocycles. The standard InChI is InChI=1S/C10H14N4S/c1-6(2)7-3-9(15-5-7)14-10(12)8(11)4-13-14/h3-6H,11-12H2,1-2H3. The SMILES string of the molecule is CC(C)c1csc(-n2ncc(N)c2N)c1. The van der Waals surface area contributed by atoms with Crippen LogP contribution in [0.4, 0.5) is 11.5 Å². The van der Waals surface area contributed by atoms with Gasteiger partial charge in [0.25, 0.3) is 0 Å². The van der Waals surface area contributed by atoms with Crippen LogP contribution in [0.15, 0.2) is 17.6 Å². The fraction of sp³-hybridized carbons (Fsp3) is 0.300. The van der Waals surface area contributed by atoms with Gasteiger partial charge in [-0.25, -0.2) is 4.68 Å². The monoisotopic (exact) mass is 222 g/mol. The van der Waals surface area contributed by atoms with Crippen molar-refractivity contribution >= 4 is 22.8 Å². The summed E-state index contributed by atoms with van der Waals surface area (Å²) in [5.74, 6) is 1.02. The van der Waals surface area contributed by atoms with Crippen LogP contribution in [0.5, 0.6) is 0 Å². The molecule has 4 nitrogen and oxygen atoms in total. The number of nitrogens with two attached hydrogens (primary N) is 2. The molecular formula is C10H14N4S. The molecule has 0 unspecified atom stereocenters. The summed E-state index contributed by atoms with van der Waals surface area (Å²) < 4.78 is 1.67. The van der Waals surface area contributed by atoms with Gasteiger partial charge in [0.05, 0.1) is 11.9 Å². The Bertz CT molecular complexity index is 469. The molecule has 0 bridgehead atoms. The summed E-state index contributed by atoms with van der Waals surface area (Å²) in [4.78, 5) is 0. The van der Waals surface area contributed by atoms with E-state index in [1.165, 1.54) is 5.56 Å². The third-order valence-corrected chi connectivity index (χ3v) is 3.24. The second-order valence-corrected chi connectivity index (χ2v) is 4.66. The van der Waals surface area contributed by atoms with E-state index in [1.807, 2.05) is 0 Å². The van der Waals surface area contributed by atoms with Crippen molar-refractivity contribution in [3.63, 3.8) is 0 Å². The van der Waals surface area contributed by atoms with E-state index >= 15 is 0 Å². The van der Waals surface area contributed by atoms with E-state index < -0.39 is 0 Å². The second kappa shape index (κ2) is 3.58. The van der Waals surface area contributed by atoms with Crippen molar-refractivity contribution in [2.24, 2.45) is 0 Å². The Morgan fingerprint density at radius 2 is 2.13 bits per heavy atom. The molecule has 0 spiro atoms. The van der Waals surface area contributed by atoms with Crippen molar-refractivity contribution < 1.29 is 0 Å². The third kappa shape index (κ3) is 1.70. The average molecular weight is 222 g/mol. The van der Waals surface area contributed by atoms with Crippen molar-refractivity contribution in [3.05, 3.63) is 23.2 Å². The van der Waals surface area contributed by atoms with Crippen LogP contribution in [0.2, 0.25) is 0 Å². The molecule has 0 saturated carbocycles. The third-order valence-electron chi connectivity index (χ3n) is 2.32. The van der Waals surface area contributed by atoms with Gasteiger partial charge in [-0.15, -0.1) is 11.3 Å². The molecule has 4 N–H and O–H groups in total. The van der Waals surface area contributed by atoms with Crippen LogP contribution >= 0.6 is 11.3 Å². The van der Waals surface area contributed by atoms with Gasteiger partial charge in [0.15, 0.2) is 5.82 Å². The number of hydrogen-bond acceptors (Lipinski definition) is 4. The normalized spacial score (nSPS) is 11.1. The van der Waals surface area contributed by atoms with Gasteiger partial charge in [0.1, 0.15) is 5.00 Å². The predicted molar refractivity (Wildman–Crippen MR) is 64.4 cm³/mol. The van der Waals surface area contributed by atoms with Gasteiger partial charge in [0.2, 0.25) is 0 Å². The van der Waals surface area contributed by atoms with E-state index in [2.05, 4.69) is 30.4 Å². The lowest BCUT2D eigenvalue weighted by Gasteiger charge is -2.00. The van der Waals surface area contributed by atoms with Crippen LogP contribution in [0.3, 0.4) is 0 Å². The highest BCUT2D eigenvalue weighted by molar-refractivity contribution is 7.12. The minimum absolute atomic E-state index is 0.507. The minimum Gasteiger partial charge on any atom is -0.394 e. The van der Waals surface area contributed by atoms with Crippen LogP contribution < -0.4 is 11.5 Å². The van der Waals surface area contributed by atoms with Crippen molar-refractivity contribution in [1.82, 2.24) is 9.78 Å².